The number of hydrogen-bond donors (Lipinski definition) is 5. The van der Waals surface area contributed by atoms with Gasteiger partial charge in [0, 0.05) is 25.4 Å². The van der Waals surface area contributed by atoms with Crippen molar-refractivity contribution >= 4 is 23.8 Å². The maximum absolute atomic E-state index is 13.6. The molecule has 0 fully saturated rings. The summed E-state index contributed by atoms with van der Waals surface area (Å²) in [4.78, 5) is 50.9. The van der Waals surface area contributed by atoms with E-state index in [9.17, 15) is 19.2 Å². The van der Waals surface area contributed by atoms with Gasteiger partial charge in [-0.1, -0.05) is 92.7 Å². The van der Waals surface area contributed by atoms with Crippen molar-refractivity contribution in [3.8, 4) is 11.1 Å². The number of nitrogens with one attached hydrogen (secondary N) is 4. The van der Waals surface area contributed by atoms with Crippen molar-refractivity contribution < 1.29 is 29.1 Å². The zero-order chi connectivity index (χ0) is 33.0. The minimum Gasteiger partial charge on any atom is -0.444 e. The highest BCUT2D eigenvalue weighted by molar-refractivity contribution is 5.91. The summed E-state index contributed by atoms with van der Waals surface area (Å²) in [7, 11) is 0. The number of hydrogen-bond acceptors (Lipinski definition) is 6. The monoisotopic (exact) mass is 616 g/mol. The van der Waals surface area contributed by atoms with Crippen molar-refractivity contribution in [3.05, 3.63) is 95.6 Å². The molecule has 0 radical (unpaired) electrons. The van der Waals surface area contributed by atoms with Crippen molar-refractivity contribution in [1.82, 2.24) is 21.4 Å². The van der Waals surface area contributed by atoms with Gasteiger partial charge in [-0.25, -0.2) is 10.3 Å². The molecule has 1 unspecified atom stereocenters. The van der Waals surface area contributed by atoms with Crippen LogP contribution in [0.3, 0.4) is 0 Å². The van der Waals surface area contributed by atoms with E-state index in [4.69, 9.17) is 9.94 Å². The first-order chi connectivity index (χ1) is 21.3. The molecule has 10 nitrogen and oxygen atoms in total. The van der Waals surface area contributed by atoms with Crippen LogP contribution >= 0.6 is 0 Å². The zero-order valence-corrected chi connectivity index (χ0v) is 26.6. The minimum atomic E-state index is -1.02. The Balaban J connectivity index is 1.74. The van der Waals surface area contributed by atoms with Gasteiger partial charge in [0.25, 0.3) is 0 Å². The summed E-state index contributed by atoms with van der Waals surface area (Å²) in [5.41, 5.74) is 5.26. The first-order valence-corrected chi connectivity index (χ1v) is 15.1. The second-order valence-electron chi connectivity index (χ2n) is 12.4. The van der Waals surface area contributed by atoms with E-state index in [0.29, 0.717) is 18.5 Å². The molecule has 4 amide bonds. The average Bonchev–Trinajstić information content (AvgIpc) is 3.01. The molecule has 0 heterocycles. The first-order valence-electron chi connectivity index (χ1n) is 15.1. The Morgan fingerprint density at radius 1 is 0.756 bits per heavy atom. The van der Waals surface area contributed by atoms with Crippen molar-refractivity contribution in [2.45, 2.75) is 72.2 Å². The van der Waals surface area contributed by atoms with Crippen LogP contribution in [-0.4, -0.2) is 34.6 Å². The van der Waals surface area contributed by atoms with Crippen LogP contribution in [0.5, 0.6) is 0 Å². The first kappa shape index (κ1) is 34.8. The number of carbonyl (C=O) groups is 4. The van der Waals surface area contributed by atoms with E-state index < -0.39 is 41.4 Å². The molecule has 0 saturated heterocycles. The summed E-state index contributed by atoms with van der Waals surface area (Å²) >= 11 is 0. The van der Waals surface area contributed by atoms with Crippen LogP contribution in [0, 0.1) is 11.8 Å². The molecule has 240 valence electrons. The summed E-state index contributed by atoms with van der Waals surface area (Å²) < 4.78 is 5.26. The van der Waals surface area contributed by atoms with Gasteiger partial charge in [0.2, 0.25) is 17.7 Å². The molecule has 0 aliphatic rings. The molecule has 0 bridgehead atoms. The van der Waals surface area contributed by atoms with E-state index in [-0.39, 0.29) is 18.9 Å². The number of alkyl carbamates (subject to hydrolysis) is 1. The molecule has 3 rings (SSSR count). The third-order valence-corrected chi connectivity index (χ3v) is 6.91. The Kier molecular flexibility index (Phi) is 12.7. The Hall–Kier alpha value is -4.70. The molecular formula is C35H44N4O6. The lowest BCUT2D eigenvalue weighted by Crippen LogP contribution is -2.43. The average molecular weight is 617 g/mol. The number of rotatable bonds is 13. The highest BCUT2D eigenvalue weighted by Crippen LogP contribution is 2.24. The number of amides is 4. The third-order valence-electron chi connectivity index (χ3n) is 6.91. The van der Waals surface area contributed by atoms with Gasteiger partial charge in [0.1, 0.15) is 11.6 Å². The molecule has 3 aromatic carbocycles. The van der Waals surface area contributed by atoms with Crippen molar-refractivity contribution in [1.29, 1.82) is 0 Å². The number of benzene rings is 3. The molecule has 5 N–H and O–H groups in total. The van der Waals surface area contributed by atoms with Crippen molar-refractivity contribution in [3.63, 3.8) is 0 Å². The van der Waals surface area contributed by atoms with Gasteiger partial charge in [0.15, 0.2) is 0 Å². The summed E-state index contributed by atoms with van der Waals surface area (Å²) in [6.07, 6.45) is -0.316. The highest BCUT2D eigenvalue weighted by atomic mass is 16.6. The predicted octanol–water partition coefficient (Wildman–Crippen LogP) is 5.41. The van der Waals surface area contributed by atoms with Gasteiger partial charge >= 0.3 is 6.09 Å². The SMILES string of the molecule is CC(C)C[C@H](CC(=O)NO)C(=O)NC(C(=O)NCc1ccc(CNC(=O)OC(C)(C)C)cc1)c1ccc(-c2ccccc2)cc1. The van der Waals surface area contributed by atoms with E-state index >= 15 is 0 Å². The molecule has 0 aliphatic heterocycles. The van der Waals surface area contributed by atoms with Crippen molar-refractivity contribution in [2.75, 3.05) is 0 Å². The van der Waals surface area contributed by atoms with Crippen molar-refractivity contribution in [2.24, 2.45) is 11.8 Å². The van der Waals surface area contributed by atoms with Crippen LogP contribution in [0.15, 0.2) is 78.9 Å². The lowest BCUT2D eigenvalue weighted by molar-refractivity contribution is -0.136. The maximum Gasteiger partial charge on any atom is 0.407 e. The largest absolute Gasteiger partial charge is 0.444 e. The summed E-state index contributed by atoms with van der Waals surface area (Å²) in [5, 5.41) is 17.5. The van der Waals surface area contributed by atoms with Gasteiger partial charge in [-0.3, -0.25) is 19.6 Å². The van der Waals surface area contributed by atoms with Crippen LogP contribution in [0.4, 0.5) is 4.79 Å². The predicted molar refractivity (Wildman–Crippen MR) is 172 cm³/mol. The topological polar surface area (TPSA) is 146 Å². The van der Waals surface area contributed by atoms with Crippen LogP contribution in [0.25, 0.3) is 11.1 Å². The molecule has 0 aliphatic carbocycles. The van der Waals surface area contributed by atoms with E-state index in [1.165, 1.54) is 0 Å². The fourth-order valence-corrected chi connectivity index (χ4v) is 4.74. The van der Waals surface area contributed by atoms with Crippen LogP contribution in [0.2, 0.25) is 0 Å². The van der Waals surface area contributed by atoms with Gasteiger partial charge < -0.3 is 20.7 Å². The lowest BCUT2D eigenvalue weighted by Gasteiger charge is -2.23. The quantitative estimate of drug-likeness (QED) is 0.128. The van der Waals surface area contributed by atoms with Gasteiger partial charge in [-0.05, 0) is 60.9 Å². The Labute approximate surface area is 264 Å². The van der Waals surface area contributed by atoms with E-state index in [1.807, 2.05) is 80.6 Å². The van der Waals surface area contributed by atoms with Gasteiger partial charge in [0.05, 0.1) is 0 Å². The number of carbonyl (C=O) groups excluding carboxylic acids is 4. The maximum atomic E-state index is 13.6. The molecule has 45 heavy (non-hydrogen) atoms. The van der Waals surface area contributed by atoms with E-state index in [1.54, 1.807) is 38.4 Å². The van der Waals surface area contributed by atoms with Crippen LogP contribution < -0.4 is 21.4 Å². The molecule has 10 heteroatoms. The molecule has 3 aromatic rings. The van der Waals surface area contributed by atoms with E-state index in [0.717, 1.165) is 22.3 Å². The fourth-order valence-electron chi connectivity index (χ4n) is 4.74. The van der Waals surface area contributed by atoms with Gasteiger partial charge in [-0.15, -0.1) is 0 Å². The normalized spacial score (nSPS) is 12.5. The van der Waals surface area contributed by atoms with Crippen LogP contribution in [-0.2, 0) is 32.2 Å². The molecule has 0 saturated carbocycles. The second kappa shape index (κ2) is 16.4. The van der Waals surface area contributed by atoms with Crippen LogP contribution in [0.1, 0.15) is 70.2 Å². The second-order valence-corrected chi connectivity index (χ2v) is 12.4. The molecule has 2 atom stereocenters. The Morgan fingerprint density at radius 3 is 1.84 bits per heavy atom. The highest BCUT2D eigenvalue weighted by Gasteiger charge is 2.29. The number of ether oxygens (including phenoxy) is 1. The standard InChI is InChI=1S/C35H44N4O6/c1-23(2)19-29(20-30(40)39-44)32(41)38-31(28-17-15-27(16-18-28)26-9-7-6-8-10-26)33(42)36-21-24-11-13-25(14-12-24)22-37-34(43)45-35(3,4)5/h6-18,23,29,31,44H,19-22H2,1-5H3,(H,36,42)(H,37,43)(H,38,41)(H,39,40)/t29-,31?/m1/s1. The lowest BCUT2D eigenvalue weighted by atomic mass is 9.92. The zero-order valence-electron chi connectivity index (χ0n) is 26.6. The smallest absolute Gasteiger partial charge is 0.407 e. The van der Waals surface area contributed by atoms with E-state index in [2.05, 4.69) is 16.0 Å². The molecule has 0 aromatic heterocycles. The Morgan fingerprint density at radius 2 is 1.31 bits per heavy atom. The number of hydroxylamine groups is 1. The molecule has 0 spiro atoms. The third kappa shape index (κ3) is 11.7. The summed E-state index contributed by atoms with van der Waals surface area (Å²) in [6.45, 7) is 9.75. The minimum absolute atomic E-state index is 0.104. The molecular weight excluding hydrogens is 572 g/mol. The summed E-state index contributed by atoms with van der Waals surface area (Å²) in [5.74, 6) is -2.18. The summed E-state index contributed by atoms with van der Waals surface area (Å²) in [6, 6.07) is 23.6. The Bertz CT molecular complexity index is 1420. The fraction of sp³-hybridized carbons (Fsp3) is 0.371. The van der Waals surface area contributed by atoms with Gasteiger partial charge in [-0.2, -0.15) is 0 Å².